The number of anilines is 1. The number of fused-ring (bicyclic) bond motifs is 1. The van der Waals surface area contributed by atoms with Gasteiger partial charge < -0.3 is 10.3 Å². The summed E-state index contributed by atoms with van der Waals surface area (Å²) in [5.41, 5.74) is 7.79. The van der Waals surface area contributed by atoms with Crippen molar-refractivity contribution in [3.05, 3.63) is 22.2 Å². The third kappa shape index (κ3) is 2.48. The largest absolute Gasteiger partial charge is 0.369 e. The van der Waals surface area contributed by atoms with Crippen LogP contribution in [0.15, 0.2) is 12.1 Å². The molecule has 1 fully saturated rings. The van der Waals surface area contributed by atoms with Crippen LogP contribution >= 0.6 is 23.2 Å². The van der Waals surface area contributed by atoms with Crippen LogP contribution in [0.5, 0.6) is 0 Å². The van der Waals surface area contributed by atoms with E-state index in [1.54, 1.807) is 6.07 Å². The second-order valence-electron chi connectivity index (χ2n) is 5.43. The second kappa shape index (κ2) is 5.43. The Bertz CT molecular complexity index is 632. The van der Waals surface area contributed by atoms with Crippen molar-refractivity contribution in [1.29, 1.82) is 0 Å². The van der Waals surface area contributed by atoms with Gasteiger partial charge in [0.25, 0.3) is 0 Å². The van der Waals surface area contributed by atoms with Crippen molar-refractivity contribution >= 4 is 40.2 Å². The third-order valence-corrected chi connectivity index (χ3v) is 4.75. The molecule has 108 valence electrons. The molecule has 1 unspecified atom stereocenters. The Hall–Kier alpha value is -0.970. The lowest BCUT2D eigenvalue weighted by molar-refractivity contribution is 0.238. The molecule has 4 nitrogen and oxygen atoms in total. The van der Waals surface area contributed by atoms with Crippen LogP contribution in [0.2, 0.25) is 10.0 Å². The molecule has 1 aliphatic rings. The molecular formula is C14H18Cl2N4. The molecule has 1 aromatic carbocycles. The number of nitrogen functional groups attached to an aromatic ring is 1. The molecule has 0 amide bonds. The summed E-state index contributed by atoms with van der Waals surface area (Å²) in [6, 6.07) is 4.05. The highest BCUT2D eigenvalue weighted by Gasteiger charge is 2.20. The van der Waals surface area contributed by atoms with Crippen LogP contribution in [0.1, 0.15) is 19.8 Å². The van der Waals surface area contributed by atoms with Gasteiger partial charge in [0, 0.05) is 12.6 Å². The maximum absolute atomic E-state index is 6.11. The van der Waals surface area contributed by atoms with Gasteiger partial charge in [-0.15, -0.1) is 0 Å². The topological polar surface area (TPSA) is 47.1 Å². The minimum absolute atomic E-state index is 0.437. The summed E-state index contributed by atoms with van der Waals surface area (Å²) in [6.45, 7) is 5.38. The van der Waals surface area contributed by atoms with Gasteiger partial charge in [-0.25, -0.2) is 4.98 Å². The van der Waals surface area contributed by atoms with E-state index in [9.17, 15) is 0 Å². The van der Waals surface area contributed by atoms with Crippen molar-refractivity contribution in [3.8, 4) is 0 Å². The summed E-state index contributed by atoms with van der Waals surface area (Å²) in [4.78, 5) is 6.86. The lowest BCUT2D eigenvalue weighted by Gasteiger charge is -2.24. The van der Waals surface area contributed by atoms with E-state index >= 15 is 0 Å². The molecule has 0 aliphatic carbocycles. The van der Waals surface area contributed by atoms with Crippen molar-refractivity contribution in [1.82, 2.24) is 14.5 Å². The monoisotopic (exact) mass is 312 g/mol. The molecule has 6 heteroatoms. The maximum atomic E-state index is 6.11. The number of halogens is 2. The average Bonchev–Trinajstić information content (AvgIpc) is 3.01. The summed E-state index contributed by atoms with van der Waals surface area (Å²) in [5.74, 6) is 0.518. The van der Waals surface area contributed by atoms with E-state index in [4.69, 9.17) is 28.9 Å². The predicted molar refractivity (Wildman–Crippen MR) is 84.4 cm³/mol. The number of nitrogens with two attached hydrogens (primary N) is 1. The summed E-state index contributed by atoms with van der Waals surface area (Å²) in [5, 5.41) is 1.05. The molecule has 0 spiro atoms. The number of nitrogens with zero attached hydrogens (tertiary/aromatic N) is 3. The fourth-order valence-corrected chi connectivity index (χ4v) is 3.21. The molecule has 20 heavy (non-hydrogen) atoms. The first-order chi connectivity index (χ1) is 9.56. The fraction of sp³-hybridized carbons (Fsp3) is 0.500. The highest BCUT2D eigenvalue weighted by Crippen LogP contribution is 2.29. The fourth-order valence-electron chi connectivity index (χ4n) is 2.89. The highest BCUT2D eigenvalue weighted by atomic mass is 35.5. The summed E-state index contributed by atoms with van der Waals surface area (Å²) in [7, 11) is 0. The number of hydrogen-bond acceptors (Lipinski definition) is 3. The number of imidazole rings is 1. The third-order valence-electron chi connectivity index (χ3n) is 4.03. The van der Waals surface area contributed by atoms with E-state index in [1.165, 1.54) is 25.9 Å². The van der Waals surface area contributed by atoms with Crippen molar-refractivity contribution in [2.45, 2.75) is 32.4 Å². The van der Waals surface area contributed by atoms with Gasteiger partial charge in [-0.1, -0.05) is 23.2 Å². The van der Waals surface area contributed by atoms with Gasteiger partial charge in [0.15, 0.2) is 0 Å². The Balaban J connectivity index is 1.94. The van der Waals surface area contributed by atoms with Gasteiger partial charge in [0.1, 0.15) is 0 Å². The zero-order chi connectivity index (χ0) is 14.3. The molecule has 2 heterocycles. The van der Waals surface area contributed by atoms with Crippen molar-refractivity contribution in [2.24, 2.45) is 0 Å². The maximum Gasteiger partial charge on any atom is 0.201 e. The van der Waals surface area contributed by atoms with E-state index in [0.29, 0.717) is 22.0 Å². The Labute approximate surface area is 128 Å². The lowest BCUT2D eigenvalue weighted by atomic mass is 10.2. The molecule has 2 N–H and O–H groups in total. The summed E-state index contributed by atoms with van der Waals surface area (Å²) < 4.78 is 2.03. The molecule has 0 saturated carbocycles. The first-order valence-electron chi connectivity index (χ1n) is 6.91. The molecule has 0 radical (unpaired) electrons. The second-order valence-corrected chi connectivity index (χ2v) is 6.24. The van der Waals surface area contributed by atoms with Crippen LogP contribution in [0.3, 0.4) is 0 Å². The molecule has 1 aromatic heterocycles. The first-order valence-corrected chi connectivity index (χ1v) is 7.66. The van der Waals surface area contributed by atoms with E-state index in [0.717, 1.165) is 17.6 Å². The van der Waals surface area contributed by atoms with Gasteiger partial charge in [-0.3, -0.25) is 4.90 Å². The first kappa shape index (κ1) is 14.0. The van der Waals surface area contributed by atoms with Crippen molar-refractivity contribution in [2.75, 3.05) is 18.8 Å². The van der Waals surface area contributed by atoms with Gasteiger partial charge in [-0.2, -0.15) is 0 Å². The number of benzene rings is 1. The van der Waals surface area contributed by atoms with Crippen LogP contribution < -0.4 is 5.73 Å². The number of aromatic nitrogens is 2. The summed E-state index contributed by atoms with van der Waals surface area (Å²) >= 11 is 12.1. The highest BCUT2D eigenvalue weighted by molar-refractivity contribution is 6.42. The minimum atomic E-state index is 0.437. The molecule has 1 aliphatic heterocycles. The Kier molecular flexibility index (Phi) is 3.80. The number of hydrogen-bond donors (Lipinski definition) is 1. The summed E-state index contributed by atoms with van der Waals surface area (Å²) in [6.07, 6.45) is 2.57. The van der Waals surface area contributed by atoms with Gasteiger partial charge in [0.05, 0.1) is 21.1 Å². The smallest absolute Gasteiger partial charge is 0.201 e. The van der Waals surface area contributed by atoms with Gasteiger partial charge >= 0.3 is 0 Å². The average molecular weight is 313 g/mol. The molecule has 1 saturated heterocycles. The van der Waals surface area contributed by atoms with E-state index in [1.807, 2.05) is 10.6 Å². The van der Waals surface area contributed by atoms with Crippen LogP contribution in [-0.4, -0.2) is 33.6 Å². The Morgan fingerprint density at radius 2 is 1.90 bits per heavy atom. The zero-order valence-corrected chi connectivity index (χ0v) is 13.0. The SMILES string of the molecule is CC(Cn1c(N)nc2cc(Cl)c(Cl)cc21)N1CCCC1. The molecule has 2 aromatic rings. The molecule has 0 bridgehead atoms. The Morgan fingerprint density at radius 3 is 2.60 bits per heavy atom. The van der Waals surface area contributed by atoms with Crippen LogP contribution in [0.4, 0.5) is 5.95 Å². The molecular weight excluding hydrogens is 295 g/mol. The normalized spacial score (nSPS) is 17.9. The quantitative estimate of drug-likeness (QED) is 0.944. The van der Waals surface area contributed by atoms with Crippen molar-refractivity contribution < 1.29 is 0 Å². The number of likely N-dealkylation sites (tertiary alicyclic amines) is 1. The van der Waals surface area contributed by atoms with Crippen LogP contribution in [-0.2, 0) is 6.54 Å². The zero-order valence-electron chi connectivity index (χ0n) is 11.4. The van der Waals surface area contributed by atoms with E-state index in [2.05, 4.69) is 16.8 Å². The standard InChI is InChI=1S/C14H18Cl2N4/c1-9(19-4-2-3-5-19)8-20-13-7-11(16)10(15)6-12(13)18-14(20)17/h6-7,9H,2-5,8H2,1H3,(H2,17,18). The van der Waals surface area contributed by atoms with Gasteiger partial charge in [-0.05, 0) is 45.0 Å². The molecule has 1 atom stereocenters. The van der Waals surface area contributed by atoms with Gasteiger partial charge in [0.2, 0.25) is 5.95 Å². The minimum Gasteiger partial charge on any atom is -0.369 e. The lowest BCUT2D eigenvalue weighted by Crippen LogP contribution is -2.33. The Morgan fingerprint density at radius 1 is 1.25 bits per heavy atom. The van der Waals surface area contributed by atoms with E-state index in [-0.39, 0.29) is 0 Å². The van der Waals surface area contributed by atoms with Crippen LogP contribution in [0, 0.1) is 0 Å². The number of rotatable bonds is 3. The van der Waals surface area contributed by atoms with Crippen molar-refractivity contribution in [3.63, 3.8) is 0 Å². The van der Waals surface area contributed by atoms with Crippen LogP contribution in [0.25, 0.3) is 11.0 Å². The molecule has 3 rings (SSSR count). The van der Waals surface area contributed by atoms with E-state index < -0.39 is 0 Å². The predicted octanol–water partition coefficient (Wildman–Crippen LogP) is 3.41.